The molecule has 0 aromatic carbocycles. The first-order valence-corrected chi connectivity index (χ1v) is 3.18. The van der Waals surface area contributed by atoms with Gasteiger partial charge in [-0.15, -0.1) is 0 Å². The molecule has 1 radical (unpaired) electrons. The Morgan fingerprint density at radius 3 is 3.12 bits per heavy atom. The average molecular weight is 107 g/mol. The van der Waals surface area contributed by atoms with E-state index in [2.05, 4.69) is 19.1 Å². The summed E-state index contributed by atoms with van der Waals surface area (Å²) in [6.07, 6.45) is 10.9. The third-order valence-corrected chi connectivity index (χ3v) is 1.34. The maximum absolute atomic E-state index is 3.14. The Bertz CT molecular complexity index is 118. The molecule has 0 bridgehead atoms. The summed E-state index contributed by atoms with van der Waals surface area (Å²) in [6, 6.07) is 0. The minimum Gasteiger partial charge on any atom is -0.0658 e. The van der Waals surface area contributed by atoms with Gasteiger partial charge in [-0.05, 0) is 18.9 Å². The lowest BCUT2D eigenvalue weighted by atomic mass is 10.1. The van der Waals surface area contributed by atoms with Gasteiger partial charge in [-0.1, -0.05) is 31.1 Å². The van der Waals surface area contributed by atoms with E-state index in [1.807, 2.05) is 6.08 Å². The highest BCUT2D eigenvalue weighted by atomic mass is 14.0. The second-order valence-corrected chi connectivity index (χ2v) is 2.12. The quantitative estimate of drug-likeness (QED) is 0.508. The Labute approximate surface area is 50.9 Å². The van der Waals surface area contributed by atoms with Crippen LogP contribution in [-0.2, 0) is 0 Å². The normalized spacial score (nSPS) is 16.9. The highest BCUT2D eigenvalue weighted by molar-refractivity contribution is 5.19. The molecule has 0 heteroatoms. The van der Waals surface area contributed by atoms with E-state index in [1.165, 1.54) is 18.4 Å². The molecule has 1 aliphatic rings. The molecule has 0 amide bonds. The molecule has 0 spiro atoms. The fourth-order valence-electron chi connectivity index (χ4n) is 0.919. The van der Waals surface area contributed by atoms with Crippen LogP contribution in [0.15, 0.2) is 17.7 Å². The van der Waals surface area contributed by atoms with E-state index in [4.69, 9.17) is 0 Å². The zero-order valence-electron chi connectivity index (χ0n) is 5.28. The number of rotatable bonds is 2. The van der Waals surface area contributed by atoms with Gasteiger partial charge in [0.2, 0.25) is 0 Å². The van der Waals surface area contributed by atoms with Crippen LogP contribution in [0.5, 0.6) is 0 Å². The van der Waals surface area contributed by atoms with Crippen LogP contribution in [0, 0.1) is 6.08 Å². The van der Waals surface area contributed by atoms with Gasteiger partial charge >= 0.3 is 0 Å². The molecule has 0 nitrogen and oxygen atoms in total. The number of hydrogen-bond donors (Lipinski definition) is 0. The molecule has 0 N–H and O–H groups in total. The van der Waals surface area contributed by atoms with Gasteiger partial charge in [-0.3, -0.25) is 0 Å². The highest BCUT2D eigenvalue weighted by Gasteiger charge is 1.95. The first-order chi connectivity index (χ1) is 3.93. The molecule has 0 fully saturated rings. The van der Waals surface area contributed by atoms with E-state index >= 15 is 0 Å². The predicted molar refractivity (Wildman–Crippen MR) is 35.4 cm³/mol. The van der Waals surface area contributed by atoms with E-state index in [-0.39, 0.29) is 0 Å². The third-order valence-electron chi connectivity index (χ3n) is 1.34. The van der Waals surface area contributed by atoms with Crippen LogP contribution < -0.4 is 0 Å². The van der Waals surface area contributed by atoms with Gasteiger partial charge in [0.25, 0.3) is 0 Å². The molecule has 0 aliphatic heterocycles. The van der Waals surface area contributed by atoms with E-state index in [9.17, 15) is 0 Å². The SMILES string of the molecule is CCCC1=CC=[C]C1. The van der Waals surface area contributed by atoms with Crippen molar-refractivity contribution in [3.8, 4) is 0 Å². The van der Waals surface area contributed by atoms with E-state index < -0.39 is 0 Å². The smallest absolute Gasteiger partial charge is 0.00611 e. The molecular weight excluding hydrogens is 96.1 g/mol. The molecule has 1 aliphatic carbocycles. The fourth-order valence-corrected chi connectivity index (χ4v) is 0.919. The van der Waals surface area contributed by atoms with Crippen molar-refractivity contribution in [2.75, 3.05) is 0 Å². The summed E-state index contributed by atoms with van der Waals surface area (Å²) in [5.41, 5.74) is 1.53. The topological polar surface area (TPSA) is 0 Å². The van der Waals surface area contributed by atoms with Crippen LogP contribution >= 0.6 is 0 Å². The predicted octanol–water partition coefficient (Wildman–Crippen LogP) is 2.48. The van der Waals surface area contributed by atoms with Gasteiger partial charge in [0.15, 0.2) is 0 Å². The Hall–Kier alpha value is -0.520. The molecular formula is C8H11. The molecule has 0 aromatic rings. The molecule has 0 unspecified atom stereocenters. The Morgan fingerprint density at radius 1 is 1.75 bits per heavy atom. The van der Waals surface area contributed by atoms with Crippen molar-refractivity contribution in [3.63, 3.8) is 0 Å². The molecule has 8 heavy (non-hydrogen) atoms. The highest BCUT2D eigenvalue weighted by Crippen LogP contribution is 2.14. The van der Waals surface area contributed by atoms with Gasteiger partial charge in [-0.2, -0.15) is 0 Å². The van der Waals surface area contributed by atoms with Crippen molar-refractivity contribution >= 4 is 0 Å². The van der Waals surface area contributed by atoms with Crippen LogP contribution in [0.3, 0.4) is 0 Å². The zero-order valence-corrected chi connectivity index (χ0v) is 5.28. The van der Waals surface area contributed by atoms with Gasteiger partial charge < -0.3 is 0 Å². The molecule has 1 rings (SSSR count). The summed E-state index contributed by atoms with van der Waals surface area (Å²) in [7, 11) is 0. The molecule has 0 aromatic heterocycles. The Kier molecular flexibility index (Phi) is 1.90. The molecule has 43 valence electrons. The summed E-state index contributed by atoms with van der Waals surface area (Å²) in [5, 5.41) is 0. The molecule has 0 saturated carbocycles. The summed E-state index contributed by atoms with van der Waals surface area (Å²) >= 11 is 0. The van der Waals surface area contributed by atoms with Gasteiger partial charge in [0.1, 0.15) is 0 Å². The van der Waals surface area contributed by atoms with Gasteiger partial charge in [-0.25, -0.2) is 0 Å². The summed E-state index contributed by atoms with van der Waals surface area (Å²) < 4.78 is 0. The van der Waals surface area contributed by atoms with Crippen molar-refractivity contribution in [1.82, 2.24) is 0 Å². The molecule has 0 saturated heterocycles. The van der Waals surface area contributed by atoms with Crippen LogP contribution in [0.4, 0.5) is 0 Å². The number of allylic oxidation sites excluding steroid dienone is 4. The van der Waals surface area contributed by atoms with Gasteiger partial charge in [0.05, 0.1) is 0 Å². The van der Waals surface area contributed by atoms with Crippen molar-refractivity contribution < 1.29 is 0 Å². The van der Waals surface area contributed by atoms with E-state index in [1.54, 1.807) is 0 Å². The lowest BCUT2D eigenvalue weighted by Gasteiger charge is -1.93. The fraction of sp³-hybridized carbons (Fsp3) is 0.500. The lowest BCUT2D eigenvalue weighted by Crippen LogP contribution is -1.74. The first-order valence-electron chi connectivity index (χ1n) is 3.18. The molecule has 0 heterocycles. The van der Waals surface area contributed by atoms with Crippen LogP contribution in [0.2, 0.25) is 0 Å². The molecule has 0 atom stereocenters. The Balaban J connectivity index is 2.28. The zero-order chi connectivity index (χ0) is 5.82. The van der Waals surface area contributed by atoms with Crippen molar-refractivity contribution in [2.45, 2.75) is 26.2 Å². The lowest BCUT2D eigenvalue weighted by molar-refractivity contribution is 0.884. The third kappa shape index (κ3) is 1.22. The minimum atomic E-state index is 1.08. The standard InChI is InChI=1S/C8H11/c1-2-5-8-6-3-4-7-8/h3,6H,2,5,7H2,1H3. The largest absolute Gasteiger partial charge is 0.0658 e. The van der Waals surface area contributed by atoms with Crippen LogP contribution in [0.1, 0.15) is 26.2 Å². The number of hydrogen-bond acceptors (Lipinski definition) is 0. The second kappa shape index (κ2) is 2.71. The van der Waals surface area contributed by atoms with Crippen molar-refractivity contribution in [2.24, 2.45) is 0 Å². The van der Waals surface area contributed by atoms with Crippen LogP contribution in [0.25, 0.3) is 0 Å². The van der Waals surface area contributed by atoms with Gasteiger partial charge in [0, 0.05) is 0 Å². The maximum Gasteiger partial charge on any atom is -0.00611 e. The monoisotopic (exact) mass is 107 g/mol. The minimum absolute atomic E-state index is 1.08. The Morgan fingerprint density at radius 2 is 2.62 bits per heavy atom. The average Bonchev–Trinajstić information content (AvgIpc) is 2.19. The van der Waals surface area contributed by atoms with E-state index in [0.29, 0.717) is 0 Å². The van der Waals surface area contributed by atoms with Crippen LogP contribution in [-0.4, -0.2) is 0 Å². The maximum atomic E-state index is 3.14. The van der Waals surface area contributed by atoms with Crippen molar-refractivity contribution in [3.05, 3.63) is 23.8 Å². The van der Waals surface area contributed by atoms with Crippen molar-refractivity contribution in [1.29, 1.82) is 0 Å². The summed E-state index contributed by atoms with van der Waals surface area (Å²) in [5.74, 6) is 0. The van der Waals surface area contributed by atoms with E-state index in [0.717, 1.165) is 6.42 Å². The first kappa shape index (κ1) is 5.61. The summed E-state index contributed by atoms with van der Waals surface area (Å²) in [4.78, 5) is 0. The second-order valence-electron chi connectivity index (χ2n) is 2.12. The summed E-state index contributed by atoms with van der Waals surface area (Å²) in [6.45, 7) is 2.21.